The quantitative estimate of drug-likeness (QED) is 0.482. The van der Waals surface area contributed by atoms with Gasteiger partial charge in [-0.05, 0) is 63.4 Å². The Morgan fingerprint density at radius 1 is 1.08 bits per heavy atom. The van der Waals surface area contributed by atoms with Crippen LogP contribution in [0.2, 0.25) is 10.0 Å². The Kier molecular flexibility index (Phi) is 8.17. The van der Waals surface area contributed by atoms with Gasteiger partial charge in [-0.25, -0.2) is 17.8 Å². The Labute approximate surface area is 229 Å². The van der Waals surface area contributed by atoms with Crippen LogP contribution < -0.4 is 9.62 Å². The van der Waals surface area contributed by atoms with E-state index in [-0.39, 0.29) is 11.1 Å². The van der Waals surface area contributed by atoms with Gasteiger partial charge in [-0.15, -0.1) is 0 Å². The minimum absolute atomic E-state index is 0.239. The maximum atomic E-state index is 14.2. The van der Waals surface area contributed by atoms with Crippen molar-refractivity contribution >= 4 is 44.7 Å². The number of anilines is 2. The van der Waals surface area contributed by atoms with Crippen molar-refractivity contribution < 1.29 is 12.8 Å². The molecule has 3 fully saturated rings. The van der Waals surface area contributed by atoms with E-state index in [1.807, 2.05) is 0 Å². The fourth-order valence-corrected chi connectivity index (χ4v) is 7.36. The molecule has 202 valence electrons. The second-order valence-electron chi connectivity index (χ2n) is 10.4. The van der Waals surface area contributed by atoms with Gasteiger partial charge in [-0.2, -0.15) is 0 Å². The normalized spacial score (nSPS) is 22.4. The molecule has 1 saturated carbocycles. The number of nitrogens with one attached hydrogen (secondary N) is 1. The molecule has 11 heteroatoms. The molecule has 3 aliphatic rings. The molecule has 2 aliphatic heterocycles. The van der Waals surface area contributed by atoms with Crippen LogP contribution >= 0.6 is 23.2 Å². The summed E-state index contributed by atoms with van der Waals surface area (Å²) in [5, 5.41) is 0.590. The van der Waals surface area contributed by atoms with Gasteiger partial charge in [0.25, 0.3) is 0 Å². The van der Waals surface area contributed by atoms with Gasteiger partial charge in [0.1, 0.15) is 11.6 Å². The third-order valence-electron chi connectivity index (χ3n) is 7.78. The first kappa shape index (κ1) is 26.9. The molecular weight excluding hydrogens is 536 g/mol. The number of nitrogens with zero attached hydrogens (tertiary/aromatic N) is 4. The van der Waals surface area contributed by atoms with Crippen LogP contribution in [0.5, 0.6) is 0 Å². The minimum Gasteiger partial charge on any atom is -0.353 e. The van der Waals surface area contributed by atoms with E-state index in [0.717, 1.165) is 52.0 Å². The molecule has 0 unspecified atom stereocenters. The SMILES string of the molecule is CC[C@H]1CN(c2ncc(NS(=O)(=O)C3CC3)cc2Cl)CCN1C1CCN(Cc2ccc(Cl)cc2F)CC1. The summed E-state index contributed by atoms with van der Waals surface area (Å²) in [6.45, 7) is 7.26. The summed E-state index contributed by atoms with van der Waals surface area (Å²) in [6.07, 6.45) is 6.10. The Hall–Kier alpha value is -1.65. The summed E-state index contributed by atoms with van der Waals surface area (Å²) < 4.78 is 41.3. The van der Waals surface area contributed by atoms with Crippen molar-refractivity contribution in [2.24, 2.45) is 0 Å². The second-order valence-corrected chi connectivity index (χ2v) is 13.2. The Morgan fingerprint density at radius 3 is 2.49 bits per heavy atom. The van der Waals surface area contributed by atoms with Crippen molar-refractivity contribution in [3.63, 3.8) is 0 Å². The van der Waals surface area contributed by atoms with Crippen molar-refractivity contribution in [1.82, 2.24) is 14.8 Å². The number of aromatic nitrogens is 1. The van der Waals surface area contributed by atoms with Gasteiger partial charge in [0.05, 0.1) is 22.2 Å². The van der Waals surface area contributed by atoms with E-state index < -0.39 is 10.0 Å². The van der Waals surface area contributed by atoms with Crippen LogP contribution in [0.3, 0.4) is 0 Å². The molecule has 0 amide bonds. The first-order chi connectivity index (χ1) is 17.7. The van der Waals surface area contributed by atoms with Crippen LogP contribution in [0.25, 0.3) is 0 Å². The summed E-state index contributed by atoms with van der Waals surface area (Å²) in [4.78, 5) is 11.7. The molecule has 5 rings (SSSR count). The van der Waals surface area contributed by atoms with Gasteiger partial charge < -0.3 is 4.90 Å². The number of likely N-dealkylation sites (tertiary alicyclic amines) is 1. The lowest BCUT2D eigenvalue weighted by Crippen LogP contribution is -2.58. The molecule has 2 saturated heterocycles. The summed E-state index contributed by atoms with van der Waals surface area (Å²) in [5.41, 5.74) is 1.11. The highest BCUT2D eigenvalue weighted by atomic mass is 35.5. The average Bonchev–Trinajstić information content (AvgIpc) is 3.72. The maximum Gasteiger partial charge on any atom is 0.235 e. The molecule has 0 spiro atoms. The Balaban J connectivity index is 1.17. The first-order valence-corrected chi connectivity index (χ1v) is 15.4. The van der Waals surface area contributed by atoms with Crippen molar-refractivity contribution in [2.45, 2.75) is 62.9 Å². The summed E-state index contributed by atoms with van der Waals surface area (Å²) in [7, 11) is -3.35. The topological polar surface area (TPSA) is 68.8 Å². The predicted molar refractivity (Wildman–Crippen MR) is 148 cm³/mol. The molecule has 1 aliphatic carbocycles. The number of hydrogen-bond donors (Lipinski definition) is 1. The number of sulfonamides is 1. The van der Waals surface area contributed by atoms with E-state index in [1.165, 1.54) is 6.07 Å². The zero-order chi connectivity index (χ0) is 26.2. The molecule has 3 heterocycles. The first-order valence-electron chi connectivity index (χ1n) is 13.1. The highest BCUT2D eigenvalue weighted by molar-refractivity contribution is 7.93. The monoisotopic (exact) mass is 569 g/mol. The Bertz CT molecular complexity index is 1220. The number of rotatable bonds is 8. The molecule has 37 heavy (non-hydrogen) atoms. The molecule has 1 N–H and O–H groups in total. The van der Waals surface area contributed by atoms with Crippen molar-refractivity contribution in [1.29, 1.82) is 0 Å². The molecule has 1 atom stereocenters. The highest BCUT2D eigenvalue weighted by Crippen LogP contribution is 2.33. The fourth-order valence-electron chi connectivity index (χ4n) is 5.55. The van der Waals surface area contributed by atoms with Gasteiger partial charge >= 0.3 is 0 Å². The third-order valence-corrected chi connectivity index (χ3v) is 10.2. The number of piperazine rings is 1. The van der Waals surface area contributed by atoms with Crippen LogP contribution in [0.1, 0.15) is 44.6 Å². The molecular formula is C26H34Cl2FN5O2S. The average molecular weight is 571 g/mol. The van der Waals surface area contributed by atoms with Crippen LogP contribution in [-0.2, 0) is 16.6 Å². The number of halogens is 3. The van der Waals surface area contributed by atoms with E-state index in [4.69, 9.17) is 23.2 Å². The van der Waals surface area contributed by atoms with E-state index in [1.54, 1.807) is 24.4 Å². The summed E-state index contributed by atoms with van der Waals surface area (Å²) in [6, 6.07) is 7.46. The van der Waals surface area contributed by atoms with Crippen molar-refractivity contribution in [3.8, 4) is 0 Å². The van der Waals surface area contributed by atoms with E-state index >= 15 is 0 Å². The number of benzene rings is 1. The van der Waals surface area contributed by atoms with Gasteiger partial charge in [0.2, 0.25) is 10.0 Å². The van der Waals surface area contributed by atoms with Gasteiger partial charge in [0, 0.05) is 48.8 Å². The molecule has 1 aromatic carbocycles. The number of hydrogen-bond acceptors (Lipinski definition) is 6. The van der Waals surface area contributed by atoms with Gasteiger partial charge in [-0.1, -0.05) is 36.2 Å². The van der Waals surface area contributed by atoms with Crippen LogP contribution in [-0.4, -0.2) is 73.3 Å². The lowest BCUT2D eigenvalue weighted by molar-refractivity contribution is 0.0607. The standard InChI is InChI=1S/C26H34Cl2FN5O2S/c1-2-21-17-33(26-24(28)14-20(15-30-26)31-37(35,36)23-5-6-23)11-12-34(21)22-7-9-32(10-8-22)16-18-3-4-19(27)13-25(18)29/h3-4,13-15,21-23,31H,2,5-12,16-17H2,1H3/t21-/m0/s1. The second kappa shape index (κ2) is 11.2. The van der Waals surface area contributed by atoms with E-state index in [9.17, 15) is 12.8 Å². The smallest absolute Gasteiger partial charge is 0.235 e. The summed E-state index contributed by atoms with van der Waals surface area (Å²) in [5.74, 6) is 0.464. The number of piperidine rings is 1. The summed E-state index contributed by atoms with van der Waals surface area (Å²) >= 11 is 12.5. The largest absolute Gasteiger partial charge is 0.353 e. The van der Waals surface area contributed by atoms with E-state index in [2.05, 4.69) is 31.3 Å². The minimum atomic E-state index is -3.35. The molecule has 0 bridgehead atoms. The molecule has 0 radical (unpaired) electrons. The highest BCUT2D eigenvalue weighted by Gasteiger charge is 2.36. The zero-order valence-electron chi connectivity index (χ0n) is 21.0. The van der Waals surface area contributed by atoms with Crippen molar-refractivity contribution in [3.05, 3.63) is 51.9 Å². The lowest BCUT2D eigenvalue weighted by Gasteiger charge is -2.47. The maximum absolute atomic E-state index is 14.2. The molecule has 7 nitrogen and oxygen atoms in total. The van der Waals surface area contributed by atoms with Crippen molar-refractivity contribution in [2.75, 3.05) is 42.3 Å². The van der Waals surface area contributed by atoms with Crippen LogP contribution in [0.4, 0.5) is 15.9 Å². The zero-order valence-corrected chi connectivity index (χ0v) is 23.4. The molecule has 1 aromatic heterocycles. The van der Waals surface area contributed by atoms with Crippen LogP contribution in [0.15, 0.2) is 30.5 Å². The molecule has 2 aromatic rings. The third kappa shape index (κ3) is 6.33. The fraction of sp³-hybridized carbons (Fsp3) is 0.577. The predicted octanol–water partition coefficient (Wildman–Crippen LogP) is 5.00. The lowest BCUT2D eigenvalue weighted by atomic mass is 9.97. The number of pyridine rings is 1. The van der Waals surface area contributed by atoms with Gasteiger partial charge in [0.15, 0.2) is 0 Å². The Morgan fingerprint density at radius 2 is 1.84 bits per heavy atom. The van der Waals surface area contributed by atoms with E-state index in [0.29, 0.717) is 58.6 Å². The van der Waals surface area contributed by atoms with Gasteiger partial charge in [-0.3, -0.25) is 14.5 Å². The van der Waals surface area contributed by atoms with Crippen LogP contribution in [0, 0.1) is 5.82 Å².